The van der Waals surface area contributed by atoms with Gasteiger partial charge in [-0.05, 0) is 6.07 Å². The van der Waals surface area contributed by atoms with Crippen LogP contribution in [-0.4, -0.2) is 32.3 Å². The zero-order chi connectivity index (χ0) is 13.4. The quantitative estimate of drug-likeness (QED) is 0.883. The van der Waals surface area contributed by atoms with Crippen molar-refractivity contribution in [3.8, 4) is 0 Å². The number of benzene rings is 1. The van der Waals surface area contributed by atoms with E-state index in [0.717, 1.165) is 23.4 Å². The van der Waals surface area contributed by atoms with E-state index in [-0.39, 0.29) is 11.9 Å². The van der Waals surface area contributed by atoms with Gasteiger partial charge in [0, 0.05) is 11.6 Å². The molecule has 0 aliphatic carbocycles. The average Bonchev–Trinajstić information content (AvgIpc) is 3.04. The van der Waals surface area contributed by atoms with E-state index in [2.05, 4.69) is 19.4 Å². The van der Waals surface area contributed by atoms with Gasteiger partial charge in [-0.3, -0.25) is 10.1 Å². The fourth-order valence-corrected chi connectivity index (χ4v) is 3.87. The number of hydrogen-bond acceptors (Lipinski definition) is 6. The lowest BCUT2D eigenvalue weighted by Crippen LogP contribution is -2.37. The summed E-state index contributed by atoms with van der Waals surface area (Å²) in [7, 11) is 0. The molecule has 1 unspecified atom stereocenters. The molecule has 0 spiro atoms. The second-order valence-corrected chi connectivity index (χ2v) is 6.31. The molecular weight excluding hydrogens is 327 g/mol. The molecule has 0 bridgehead atoms. The van der Waals surface area contributed by atoms with Crippen LogP contribution in [0.15, 0.2) is 6.07 Å². The summed E-state index contributed by atoms with van der Waals surface area (Å²) in [4.78, 5) is 12.1. The second kappa shape index (κ2) is 5.41. The summed E-state index contributed by atoms with van der Waals surface area (Å²) >= 11 is 14.9. The number of amides is 1. The normalized spacial score (nSPS) is 18.9. The highest BCUT2D eigenvalue weighted by Gasteiger charge is 2.24. The number of nitrogens with one attached hydrogen (secondary N) is 2. The van der Waals surface area contributed by atoms with Crippen LogP contribution in [0.5, 0.6) is 0 Å². The molecule has 2 N–H and O–H groups in total. The molecule has 3 rings (SSSR count). The molecule has 1 aliphatic rings. The molecule has 2 aromatic rings. The molecule has 9 heteroatoms. The Morgan fingerprint density at radius 3 is 2.89 bits per heavy atom. The maximum atomic E-state index is 12.1. The second-order valence-electron chi connectivity index (χ2n) is 3.94. The summed E-state index contributed by atoms with van der Waals surface area (Å²) in [6, 6.07) is 1.36. The van der Waals surface area contributed by atoms with Crippen LogP contribution in [0.1, 0.15) is 0 Å². The van der Waals surface area contributed by atoms with Gasteiger partial charge in [0.25, 0.3) is 0 Å². The van der Waals surface area contributed by atoms with Crippen molar-refractivity contribution in [3.05, 3.63) is 16.1 Å². The van der Waals surface area contributed by atoms with E-state index in [0.29, 0.717) is 26.8 Å². The van der Waals surface area contributed by atoms with Gasteiger partial charge in [-0.15, -0.1) is 11.8 Å². The Labute approximate surface area is 127 Å². The molecule has 1 aromatic carbocycles. The standard InChI is InChI=1S/C10H8Cl2N4OS2/c11-4-1-5(12)8-9(16-19-15-8)7(4)14-10(17)6-2-18-3-13-6/h1,6,13H,2-3H2,(H,14,17). The van der Waals surface area contributed by atoms with Gasteiger partial charge in [-0.1, -0.05) is 23.2 Å². The molecule has 2 heterocycles. The van der Waals surface area contributed by atoms with E-state index in [4.69, 9.17) is 23.2 Å². The first-order chi connectivity index (χ1) is 9.16. The molecule has 1 saturated heterocycles. The van der Waals surface area contributed by atoms with Gasteiger partial charge in [0.05, 0.1) is 33.5 Å². The highest BCUT2D eigenvalue weighted by atomic mass is 35.5. The van der Waals surface area contributed by atoms with Crippen LogP contribution in [0.2, 0.25) is 10.0 Å². The minimum atomic E-state index is -0.210. The van der Waals surface area contributed by atoms with Crippen LogP contribution < -0.4 is 10.6 Å². The predicted molar refractivity (Wildman–Crippen MR) is 80.3 cm³/mol. The lowest BCUT2D eigenvalue weighted by Gasteiger charge is -2.12. The van der Waals surface area contributed by atoms with Crippen molar-refractivity contribution >= 4 is 69.3 Å². The lowest BCUT2D eigenvalue weighted by molar-refractivity contribution is -0.117. The summed E-state index contributed by atoms with van der Waals surface area (Å²) in [6.07, 6.45) is 0. The molecule has 1 amide bonds. The van der Waals surface area contributed by atoms with Gasteiger partial charge in [0.15, 0.2) is 0 Å². The van der Waals surface area contributed by atoms with E-state index in [1.807, 2.05) is 0 Å². The lowest BCUT2D eigenvalue weighted by atomic mass is 10.2. The first-order valence-corrected chi connectivity index (χ1v) is 8.03. The predicted octanol–water partition coefficient (Wildman–Crippen LogP) is 2.60. The maximum absolute atomic E-state index is 12.1. The number of thioether (sulfide) groups is 1. The first-order valence-electron chi connectivity index (χ1n) is 5.39. The van der Waals surface area contributed by atoms with Gasteiger partial charge in [-0.2, -0.15) is 8.75 Å². The fraction of sp³-hybridized carbons (Fsp3) is 0.300. The van der Waals surface area contributed by atoms with Crippen molar-refractivity contribution in [2.24, 2.45) is 0 Å². The molecule has 100 valence electrons. The number of carbonyl (C=O) groups is 1. The number of hydrogen-bond donors (Lipinski definition) is 2. The van der Waals surface area contributed by atoms with Crippen LogP contribution in [0.4, 0.5) is 5.69 Å². The van der Waals surface area contributed by atoms with Crippen LogP contribution in [0, 0.1) is 0 Å². The van der Waals surface area contributed by atoms with Crippen LogP contribution in [-0.2, 0) is 4.79 Å². The first kappa shape index (κ1) is 13.4. The number of fused-ring (bicyclic) bond motifs is 1. The van der Waals surface area contributed by atoms with E-state index >= 15 is 0 Å². The topological polar surface area (TPSA) is 66.9 Å². The molecule has 1 aromatic heterocycles. The van der Waals surface area contributed by atoms with Gasteiger partial charge in [0.2, 0.25) is 5.91 Å². The summed E-state index contributed by atoms with van der Waals surface area (Å²) in [5.74, 6) is 1.40. The Morgan fingerprint density at radius 2 is 2.16 bits per heavy atom. The van der Waals surface area contributed by atoms with E-state index in [1.54, 1.807) is 17.8 Å². The summed E-state index contributed by atoms with van der Waals surface area (Å²) in [5, 5.41) is 6.70. The van der Waals surface area contributed by atoms with Crippen molar-refractivity contribution in [2.45, 2.75) is 6.04 Å². The van der Waals surface area contributed by atoms with Gasteiger partial charge >= 0.3 is 0 Å². The maximum Gasteiger partial charge on any atom is 0.242 e. The minimum Gasteiger partial charge on any atom is -0.321 e. The molecule has 19 heavy (non-hydrogen) atoms. The van der Waals surface area contributed by atoms with E-state index in [9.17, 15) is 4.79 Å². The third-order valence-electron chi connectivity index (χ3n) is 2.72. The summed E-state index contributed by atoms with van der Waals surface area (Å²) < 4.78 is 8.24. The number of halogens is 2. The molecule has 0 saturated carbocycles. The van der Waals surface area contributed by atoms with E-state index in [1.165, 1.54) is 0 Å². The minimum absolute atomic E-state index is 0.122. The summed E-state index contributed by atoms with van der Waals surface area (Å²) in [5.41, 5.74) is 1.56. The zero-order valence-corrected chi connectivity index (χ0v) is 12.6. The van der Waals surface area contributed by atoms with Crippen molar-refractivity contribution in [1.29, 1.82) is 0 Å². The Balaban J connectivity index is 1.96. The molecule has 1 atom stereocenters. The third kappa shape index (κ3) is 2.53. The monoisotopic (exact) mass is 334 g/mol. The zero-order valence-electron chi connectivity index (χ0n) is 9.44. The molecule has 5 nitrogen and oxygen atoms in total. The average molecular weight is 335 g/mol. The van der Waals surface area contributed by atoms with Crippen molar-refractivity contribution < 1.29 is 4.79 Å². The molecular formula is C10H8Cl2N4OS2. The fourth-order valence-electron chi connectivity index (χ4n) is 1.77. The third-order valence-corrected chi connectivity index (χ3v) is 4.78. The smallest absolute Gasteiger partial charge is 0.242 e. The Morgan fingerprint density at radius 1 is 1.37 bits per heavy atom. The molecule has 0 radical (unpaired) electrons. The van der Waals surface area contributed by atoms with Crippen LogP contribution in [0.3, 0.4) is 0 Å². The Bertz CT molecular complexity index is 642. The molecule has 1 fully saturated rings. The van der Waals surface area contributed by atoms with Gasteiger partial charge in [-0.25, -0.2) is 0 Å². The number of carbonyl (C=O) groups excluding carboxylic acids is 1. The van der Waals surface area contributed by atoms with Gasteiger partial charge < -0.3 is 5.32 Å². The van der Waals surface area contributed by atoms with Crippen molar-refractivity contribution in [1.82, 2.24) is 14.1 Å². The van der Waals surface area contributed by atoms with Crippen molar-refractivity contribution in [2.75, 3.05) is 16.9 Å². The highest BCUT2D eigenvalue weighted by Crippen LogP contribution is 2.35. The molecule has 1 aliphatic heterocycles. The van der Waals surface area contributed by atoms with Crippen molar-refractivity contribution in [3.63, 3.8) is 0 Å². The summed E-state index contributed by atoms with van der Waals surface area (Å²) in [6.45, 7) is 0. The van der Waals surface area contributed by atoms with Crippen LogP contribution in [0.25, 0.3) is 11.0 Å². The number of nitrogens with zero attached hydrogens (tertiary/aromatic N) is 2. The van der Waals surface area contributed by atoms with Crippen LogP contribution >= 0.6 is 46.7 Å². The Hall–Kier alpha value is -0.600. The van der Waals surface area contributed by atoms with Gasteiger partial charge in [0.1, 0.15) is 11.0 Å². The Kier molecular flexibility index (Phi) is 3.81. The highest BCUT2D eigenvalue weighted by molar-refractivity contribution is 7.99. The van der Waals surface area contributed by atoms with E-state index < -0.39 is 0 Å². The number of aromatic nitrogens is 2. The SMILES string of the molecule is O=C(Nc1c(Cl)cc(Cl)c2nsnc12)C1CSCN1. The largest absolute Gasteiger partial charge is 0.321 e. The number of rotatable bonds is 2. The number of anilines is 1.